The minimum Gasteiger partial charge on any atom is -0.337 e. The molecule has 0 atom stereocenters. The molecule has 0 saturated heterocycles. The van der Waals surface area contributed by atoms with Crippen LogP contribution in [0.4, 0.5) is 4.39 Å². The predicted octanol–water partition coefficient (Wildman–Crippen LogP) is 3.24. The second-order valence-corrected chi connectivity index (χ2v) is 6.64. The lowest BCUT2D eigenvalue weighted by Gasteiger charge is -2.11. The summed E-state index contributed by atoms with van der Waals surface area (Å²) in [5.74, 6) is -0.197. The maximum absolute atomic E-state index is 13.4. The summed E-state index contributed by atoms with van der Waals surface area (Å²) in [4.78, 5) is 29.8. The highest BCUT2D eigenvalue weighted by Gasteiger charge is 2.16. The van der Waals surface area contributed by atoms with Crippen molar-refractivity contribution < 1.29 is 8.91 Å². The van der Waals surface area contributed by atoms with Crippen LogP contribution < -0.4 is 11.2 Å². The lowest BCUT2D eigenvalue weighted by atomic mass is 10.2. The molecule has 29 heavy (non-hydrogen) atoms. The van der Waals surface area contributed by atoms with Crippen molar-refractivity contribution in [2.45, 2.75) is 13.1 Å². The van der Waals surface area contributed by atoms with Crippen molar-refractivity contribution in [2.24, 2.45) is 0 Å². The van der Waals surface area contributed by atoms with E-state index in [0.29, 0.717) is 16.5 Å². The highest BCUT2D eigenvalue weighted by Crippen LogP contribution is 2.23. The van der Waals surface area contributed by atoms with E-state index in [4.69, 9.17) is 16.1 Å². The number of fused-ring (bicyclic) bond motifs is 1. The van der Waals surface area contributed by atoms with Gasteiger partial charge in [0.05, 0.1) is 15.9 Å². The molecule has 0 N–H and O–H groups in total. The van der Waals surface area contributed by atoms with Gasteiger partial charge in [0, 0.05) is 12.1 Å². The molecular weight excluding hydrogens is 399 g/mol. The first-order valence-electron chi connectivity index (χ1n) is 8.61. The van der Waals surface area contributed by atoms with E-state index in [-0.39, 0.29) is 29.8 Å². The van der Waals surface area contributed by atoms with Crippen LogP contribution in [0.15, 0.2) is 69.2 Å². The van der Waals surface area contributed by atoms with Crippen LogP contribution in [0.5, 0.6) is 0 Å². The van der Waals surface area contributed by atoms with Gasteiger partial charge in [-0.3, -0.25) is 13.9 Å². The quantitative estimate of drug-likeness (QED) is 0.470. The zero-order valence-corrected chi connectivity index (χ0v) is 15.8. The molecule has 0 radical (unpaired) electrons. The van der Waals surface area contributed by atoms with Gasteiger partial charge in [-0.1, -0.05) is 35.0 Å². The van der Waals surface area contributed by atoms with Gasteiger partial charge in [-0.25, -0.2) is 9.18 Å². The van der Waals surface area contributed by atoms with Gasteiger partial charge >= 0.3 is 5.69 Å². The average molecular weight is 413 g/mol. The summed E-state index contributed by atoms with van der Waals surface area (Å²) in [7, 11) is 0. The highest BCUT2D eigenvalue weighted by atomic mass is 35.5. The Kier molecular flexibility index (Phi) is 4.85. The van der Waals surface area contributed by atoms with Crippen molar-refractivity contribution in [2.75, 3.05) is 0 Å². The molecule has 2 aromatic carbocycles. The third-order valence-electron chi connectivity index (χ3n) is 4.38. The molecule has 0 spiro atoms. The van der Waals surface area contributed by atoms with E-state index < -0.39 is 17.1 Å². The number of rotatable bonds is 5. The zero-order chi connectivity index (χ0) is 20.5. The molecule has 0 fully saturated rings. The summed E-state index contributed by atoms with van der Waals surface area (Å²) in [5, 5.41) is 4.20. The van der Waals surface area contributed by atoms with Gasteiger partial charge in [0.2, 0.25) is 11.7 Å². The fourth-order valence-electron chi connectivity index (χ4n) is 3.02. The standard InChI is InChI=1S/C20H14ClFN4O3/c1-2-9-25-19(27)13-5-3-4-6-16(13)26(20(25)28)11-17-23-18(24-29-17)12-7-8-15(22)14(21)10-12/h2-8,10H,1,9,11H2. The summed E-state index contributed by atoms with van der Waals surface area (Å²) in [6, 6.07) is 10.8. The first-order valence-corrected chi connectivity index (χ1v) is 8.98. The maximum Gasteiger partial charge on any atom is 0.332 e. The van der Waals surface area contributed by atoms with E-state index in [9.17, 15) is 14.0 Å². The van der Waals surface area contributed by atoms with Gasteiger partial charge in [0.1, 0.15) is 12.4 Å². The molecule has 4 rings (SSSR count). The molecule has 7 nitrogen and oxygen atoms in total. The Balaban J connectivity index is 1.80. The Bertz CT molecular complexity index is 1360. The fraction of sp³-hybridized carbons (Fsp3) is 0.100. The Morgan fingerprint density at radius 3 is 2.72 bits per heavy atom. The lowest BCUT2D eigenvalue weighted by molar-refractivity contribution is 0.369. The van der Waals surface area contributed by atoms with E-state index in [0.717, 1.165) is 4.57 Å². The van der Waals surface area contributed by atoms with Crippen molar-refractivity contribution in [1.82, 2.24) is 19.3 Å². The molecule has 0 aliphatic rings. The third kappa shape index (κ3) is 3.38. The van der Waals surface area contributed by atoms with Crippen LogP contribution in [0.25, 0.3) is 22.3 Å². The number of aromatic nitrogens is 4. The van der Waals surface area contributed by atoms with Crippen LogP contribution in [-0.2, 0) is 13.1 Å². The van der Waals surface area contributed by atoms with Gasteiger partial charge in [-0.05, 0) is 30.3 Å². The van der Waals surface area contributed by atoms with Gasteiger partial charge < -0.3 is 4.52 Å². The molecular formula is C20H14ClFN4O3. The Labute approximate surface area is 168 Å². The number of hydrogen-bond donors (Lipinski definition) is 0. The number of benzene rings is 2. The Morgan fingerprint density at radius 2 is 1.97 bits per heavy atom. The van der Waals surface area contributed by atoms with Crippen LogP contribution >= 0.6 is 11.6 Å². The smallest absolute Gasteiger partial charge is 0.332 e. The first-order chi connectivity index (χ1) is 14.0. The molecule has 0 aliphatic heterocycles. The van der Waals surface area contributed by atoms with Gasteiger partial charge in [0.25, 0.3) is 5.56 Å². The molecule has 4 aromatic rings. The minimum absolute atomic E-state index is 0.0430. The summed E-state index contributed by atoms with van der Waals surface area (Å²) < 4.78 is 21.1. The molecule has 0 aliphatic carbocycles. The zero-order valence-electron chi connectivity index (χ0n) is 15.0. The van der Waals surface area contributed by atoms with Gasteiger partial charge in [-0.2, -0.15) is 4.98 Å². The molecule has 0 bridgehead atoms. The molecule has 0 unspecified atom stereocenters. The first kappa shape index (κ1) is 18.8. The minimum atomic E-state index is -0.554. The topological polar surface area (TPSA) is 82.9 Å². The summed E-state index contributed by atoms with van der Waals surface area (Å²) in [5.41, 5.74) is 0.0136. The molecule has 2 aromatic heterocycles. The molecule has 0 saturated carbocycles. The van der Waals surface area contributed by atoms with Crippen LogP contribution in [-0.4, -0.2) is 19.3 Å². The van der Waals surface area contributed by atoms with Crippen molar-refractivity contribution in [1.29, 1.82) is 0 Å². The van der Waals surface area contributed by atoms with Crippen molar-refractivity contribution >= 4 is 22.5 Å². The third-order valence-corrected chi connectivity index (χ3v) is 4.67. The molecule has 9 heteroatoms. The average Bonchev–Trinajstić information content (AvgIpc) is 3.19. The fourth-order valence-corrected chi connectivity index (χ4v) is 3.20. The van der Waals surface area contributed by atoms with Crippen molar-refractivity contribution in [3.8, 4) is 11.4 Å². The number of allylic oxidation sites excluding steroid dienone is 1. The summed E-state index contributed by atoms with van der Waals surface area (Å²) in [6.07, 6.45) is 1.48. The molecule has 0 amide bonds. The van der Waals surface area contributed by atoms with Crippen LogP contribution in [0.2, 0.25) is 5.02 Å². The van der Waals surface area contributed by atoms with E-state index in [1.807, 2.05) is 0 Å². The number of nitrogens with zero attached hydrogens (tertiary/aromatic N) is 4. The number of hydrogen-bond acceptors (Lipinski definition) is 5. The largest absolute Gasteiger partial charge is 0.337 e. The Morgan fingerprint density at radius 1 is 1.17 bits per heavy atom. The SMILES string of the molecule is C=CCn1c(=O)c2ccccc2n(Cc2nc(-c3ccc(F)c(Cl)c3)no2)c1=O. The van der Waals surface area contributed by atoms with Crippen molar-refractivity contribution in [3.05, 3.63) is 92.7 Å². The lowest BCUT2D eigenvalue weighted by Crippen LogP contribution is -2.40. The summed E-state index contributed by atoms with van der Waals surface area (Å²) >= 11 is 5.80. The van der Waals surface area contributed by atoms with Crippen LogP contribution in [0.1, 0.15) is 5.89 Å². The monoisotopic (exact) mass is 412 g/mol. The molecule has 2 heterocycles. The molecule has 146 valence electrons. The Hall–Kier alpha value is -3.52. The van der Waals surface area contributed by atoms with Crippen LogP contribution in [0, 0.1) is 5.82 Å². The highest BCUT2D eigenvalue weighted by molar-refractivity contribution is 6.31. The van der Waals surface area contributed by atoms with Gasteiger partial charge in [-0.15, -0.1) is 6.58 Å². The second kappa shape index (κ2) is 7.48. The predicted molar refractivity (Wildman–Crippen MR) is 106 cm³/mol. The van der Waals surface area contributed by atoms with E-state index in [2.05, 4.69) is 16.7 Å². The summed E-state index contributed by atoms with van der Waals surface area (Å²) in [6.45, 7) is 3.63. The van der Waals surface area contributed by atoms with E-state index >= 15 is 0 Å². The maximum atomic E-state index is 13.4. The number of para-hydroxylation sites is 1. The normalized spacial score (nSPS) is 11.1. The second-order valence-electron chi connectivity index (χ2n) is 6.23. The van der Waals surface area contributed by atoms with E-state index in [1.54, 1.807) is 24.3 Å². The van der Waals surface area contributed by atoms with Crippen molar-refractivity contribution in [3.63, 3.8) is 0 Å². The van der Waals surface area contributed by atoms with Crippen LogP contribution in [0.3, 0.4) is 0 Å². The number of halogens is 2. The van der Waals surface area contributed by atoms with E-state index in [1.165, 1.54) is 28.8 Å². The van der Waals surface area contributed by atoms with Gasteiger partial charge in [0.15, 0.2) is 0 Å².